The van der Waals surface area contributed by atoms with Gasteiger partial charge in [0.25, 0.3) is 5.91 Å². The Balaban J connectivity index is 1.55. The first kappa shape index (κ1) is 17.3. The molecule has 0 aliphatic carbocycles. The lowest BCUT2D eigenvalue weighted by Gasteiger charge is -2.34. The molecule has 134 valence electrons. The second-order valence-corrected chi connectivity index (χ2v) is 7.56. The standard InChI is InChI=1S/C19H25N3O3/c1-19(2,3)21-18(24)22-10-8-13(9-11-22)20-17(23)15-12-25-16-7-5-4-6-14(15)16/h4-7,12-13H,8-11H2,1-3H3,(H,20,23)(H,21,24). The Hall–Kier alpha value is -2.50. The molecule has 6 heteroatoms. The van der Waals surface area contributed by atoms with Crippen LogP contribution in [0, 0.1) is 0 Å². The van der Waals surface area contributed by atoms with Gasteiger partial charge in [-0.15, -0.1) is 0 Å². The van der Waals surface area contributed by atoms with E-state index in [4.69, 9.17) is 4.42 Å². The van der Waals surface area contributed by atoms with Crippen molar-refractivity contribution in [2.75, 3.05) is 13.1 Å². The van der Waals surface area contributed by atoms with E-state index in [0.717, 1.165) is 18.2 Å². The zero-order valence-electron chi connectivity index (χ0n) is 15.0. The predicted octanol–water partition coefficient (Wildman–Crippen LogP) is 3.14. The number of hydrogen-bond acceptors (Lipinski definition) is 3. The summed E-state index contributed by atoms with van der Waals surface area (Å²) in [6.45, 7) is 7.17. The SMILES string of the molecule is CC(C)(C)NC(=O)N1CCC(NC(=O)c2coc3ccccc23)CC1. The Bertz CT molecular complexity index is 768. The van der Waals surface area contributed by atoms with E-state index >= 15 is 0 Å². The summed E-state index contributed by atoms with van der Waals surface area (Å²) >= 11 is 0. The van der Waals surface area contributed by atoms with E-state index < -0.39 is 0 Å². The maximum atomic E-state index is 12.5. The molecule has 3 rings (SSSR count). The summed E-state index contributed by atoms with van der Waals surface area (Å²) in [6.07, 6.45) is 3.00. The monoisotopic (exact) mass is 343 g/mol. The number of amides is 3. The van der Waals surface area contributed by atoms with Crippen LogP contribution in [0.4, 0.5) is 4.79 Å². The van der Waals surface area contributed by atoms with Crippen molar-refractivity contribution in [1.29, 1.82) is 0 Å². The summed E-state index contributed by atoms with van der Waals surface area (Å²) in [6, 6.07) is 7.52. The fourth-order valence-corrected chi connectivity index (χ4v) is 3.04. The molecule has 0 unspecified atom stereocenters. The number of fused-ring (bicyclic) bond motifs is 1. The fourth-order valence-electron chi connectivity index (χ4n) is 3.04. The van der Waals surface area contributed by atoms with Crippen molar-refractivity contribution in [3.63, 3.8) is 0 Å². The Morgan fingerprint density at radius 3 is 2.52 bits per heavy atom. The van der Waals surface area contributed by atoms with E-state index in [0.29, 0.717) is 24.2 Å². The molecule has 0 radical (unpaired) electrons. The summed E-state index contributed by atoms with van der Waals surface area (Å²) in [7, 11) is 0. The third kappa shape index (κ3) is 4.13. The van der Waals surface area contributed by atoms with Crippen LogP contribution < -0.4 is 10.6 Å². The number of furan rings is 1. The minimum absolute atomic E-state index is 0.0434. The lowest BCUT2D eigenvalue weighted by atomic mass is 10.0. The van der Waals surface area contributed by atoms with Gasteiger partial charge in [-0.25, -0.2) is 4.79 Å². The zero-order chi connectivity index (χ0) is 18.0. The number of carbonyl (C=O) groups is 2. The maximum Gasteiger partial charge on any atom is 0.317 e. The molecule has 1 aliphatic heterocycles. The largest absolute Gasteiger partial charge is 0.463 e. The van der Waals surface area contributed by atoms with Gasteiger partial charge in [-0.1, -0.05) is 18.2 Å². The minimum atomic E-state index is -0.246. The second kappa shape index (κ2) is 6.78. The molecular formula is C19H25N3O3. The van der Waals surface area contributed by atoms with Crippen LogP contribution in [0.25, 0.3) is 11.0 Å². The van der Waals surface area contributed by atoms with Gasteiger partial charge in [0, 0.05) is 30.1 Å². The summed E-state index contributed by atoms with van der Waals surface area (Å²) < 4.78 is 5.43. The molecule has 1 aromatic heterocycles. The van der Waals surface area contributed by atoms with Gasteiger partial charge in [-0.3, -0.25) is 4.79 Å². The van der Waals surface area contributed by atoms with E-state index in [1.807, 2.05) is 45.0 Å². The molecule has 1 saturated heterocycles. The van der Waals surface area contributed by atoms with Crippen LogP contribution in [0.3, 0.4) is 0 Å². The highest BCUT2D eigenvalue weighted by atomic mass is 16.3. The van der Waals surface area contributed by atoms with Crippen molar-refractivity contribution >= 4 is 22.9 Å². The number of piperidine rings is 1. The summed E-state index contributed by atoms with van der Waals surface area (Å²) in [5.74, 6) is -0.123. The van der Waals surface area contributed by atoms with Crippen molar-refractivity contribution < 1.29 is 14.0 Å². The molecule has 6 nitrogen and oxygen atoms in total. The molecule has 25 heavy (non-hydrogen) atoms. The molecule has 1 aliphatic rings. The number of rotatable bonds is 2. The van der Waals surface area contributed by atoms with E-state index in [2.05, 4.69) is 10.6 Å². The Kier molecular flexibility index (Phi) is 4.70. The van der Waals surface area contributed by atoms with Crippen LogP contribution in [-0.2, 0) is 0 Å². The number of nitrogens with one attached hydrogen (secondary N) is 2. The highest BCUT2D eigenvalue weighted by Crippen LogP contribution is 2.21. The van der Waals surface area contributed by atoms with Crippen LogP contribution in [0.15, 0.2) is 34.9 Å². The summed E-state index contributed by atoms with van der Waals surface area (Å²) in [5.41, 5.74) is 1.02. The van der Waals surface area contributed by atoms with E-state index in [1.54, 1.807) is 4.90 Å². The summed E-state index contributed by atoms with van der Waals surface area (Å²) in [5, 5.41) is 6.86. The van der Waals surface area contributed by atoms with Gasteiger partial charge in [0.2, 0.25) is 0 Å². The molecule has 2 N–H and O–H groups in total. The van der Waals surface area contributed by atoms with Gasteiger partial charge < -0.3 is 20.0 Å². The second-order valence-electron chi connectivity index (χ2n) is 7.56. The van der Waals surface area contributed by atoms with Crippen LogP contribution in [0.1, 0.15) is 44.0 Å². The molecule has 1 fully saturated rings. The Labute approximate surface area is 147 Å². The van der Waals surface area contributed by atoms with Crippen molar-refractivity contribution in [3.05, 3.63) is 36.1 Å². The van der Waals surface area contributed by atoms with Crippen LogP contribution in [0.5, 0.6) is 0 Å². The average molecular weight is 343 g/mol. The van der Waals surface area contributed by atoms with Gasteiger partial charge in [-0.05, 0) is 39.7 Å². The Morgan fingerprint density at radius 1 is 1.16 bits per heavy atom. The van der Waals surface area contributed by atoms with Gasteiger partial charge >= 0.3 is 6.03 Å². The smallest absolute Gasteiger partial charge is 0.317 e. The highest BCUT2D eigenvalue weighted by Gasteiger charge is 2.26. The maximum absolute atomic E-state index is 12.5. The third-order valence-electron chi connectivity index (χ3n) is 4.32. The van der Waals surface area contributed by atoms with Crippen molar-refractivity contribution in [2.24, 2.45) is 0 Å². The van der Waals surface area contributed by atoms with Crippen LogP contribution >= 0.6 is 0 Å². The van der Waals surface area contributed by atoms with Crippen LogP contribution in [-0.4, -0.2) is 41.5 Å². The third-order valence-corrected chi connectivity index (χ3v) is 4.32. The molecule has 0 saturated carbocycles. The van der Waals surface area contributed by atoms with Crippen molar-refractivity contribution in [2.45, 2.75) is 45.2 Å². The number of hydrogen-bond donors (Lipinski definition) is 2. The highest BCUT2D eigenvalue weighted by molar-refractivity contribution is 6.06. The molecule has 3 amide bonds. The number of benzene rings is 1. The quantitative estimate of drug-likeness (QED) is 0.880. The van der Waals surface area contributed by atoms with Crippen LogP contribution in [0.2, 0.25) is 0 Å². The fraction of sp³-hybridized carbons (Fsp3) is 0.474. The molecule has 2 heterocycles. The first-order valence-corrected chi connectivity index (χ1v) is 8.68. The average Bonchev–Trinajstić information content (AvgIpc) is 2.98. The van der Waals surface area contributed by atoms with Crippen molar-refractivity contribution in [3.8, 4) is 0 Å². The predicted molar refractivity (Wildman–Crippen MR) is 96.6 cm³/mol. The van der Waals surface area contributed by atoms with Gasteiger partial charge in [0.05, 0.1) is 5.56 Å². The molecule has 1 aromatic carbocycles. The van der Waals surface area contributed by atoms with Crippen molar-refractivity contribution in [1.82, 2.24) is 15.5 Å². The number of likely N-dealkylation sites (tertiary alicyclic amines) is 1. The molecule has 0 atom stereocenters. The zero-order valence-corrected chi connectivity index (χ0v) is 15.0. The van der Waals surface area contributed by atoms with E-state index in [1.165, 1.54) is 6.26 Å². The first-order chi connectivity index (χ1) is 11.8. The van der Waals surface area contributed by atoms with Gasteiger partial charge in [0.1, 0.15) is 11.8 Å². The topological polar surface area (TPSA) is 74.6 Å². The first-order valence-electron chi connectivity index (χ1n) is 8.68. The minimum Gasteiger partial charge on any atom is -0.463 e. The number of carbonyl (C=O) groups excluding carboxylic acids is 2. The lowest BCUT2D eigenvalue weighted by molar-refractivity contribution is 0.0918. The molecular weight excluding hydrogens is 318 g/mol. The molecule has 2 aromatic rings. The number of nitrogens with zero attached hydrogens (tertiary/aromatic N) is 1. The van der Waals surface area contributed by atoms with Gasteiger partial charge in [0.15, 0.2) is 0 Å². The van der Waals surface area contributed by atoms with E-state index in [-0.39, 0.29) is 23.5 Å². The Morgan fingerprint density at radius 2 is 1.84 bits per heavy atom. The number of urea groups is 1. The molecule has 0 bridgehead atoms. The normalized spacial score (nSPS) is 16.0. The van der Waals surface area contributed by atoms with E-state index in [9.17, 15) is 9.59 Å². The molecule has 0 spiro atoms. The number of para-hydroxylation sites is 1. The van der Waals surface area contributed by atoms with Gasteiger partial charge in [-0.2, -0.15) is 0 Å². The lowest BCUT2D eigenvalue weighted by Crippen LogP contribution is -2.53. The summed E-state index contributed by atoms with van der Waals surface area (Å²) in [4.78, 5) is 26.5.